The van der Waals surface area contributed by atoms with Gasteiger partial charge in [-0.15, -0.1) is 0 Å². The lowest BCUT2D eigenvalue weighted by Gasteiger charge is -2.13. The number of pyridine rings is 1. The summed E-state index contributed by atoms with van der Waals surface area (Å²) in [5, 5.41) is 2.46. The number of carbonyl (C=O) groups excluding carboxylic acids is 1. The highest BCUT2D eigenvalue weighted by atomic mass is 19.4. The second kappa shape index (κ2) is 9.70. The van der Waals surface area contributed by atoms with Crippen LogP contribution >= 0.6 is 0 Å². The highest BCUT2D eigenvalue weighted by Gasteiger charge is 2.35. The molecule has 0 aliphatic rings. The lowest BCUT2D eigenvalue weighted by Crippen LogP contribution is -2.16. The molecule has 1 N–H and O–H groups in total. The van der Waals surface area contributed by atoms with Gasteiger partial charge >= 0.3 is 6.18 Å². The van der Waals surface area contributed by atoms with Crippen molar-refractivity contribution in [3.05, 3.63) is 96.5 Å². The first kappa shape index (κ1) is 22.9. The molecule has 6 nitrogen and oxygen atoms in total. The van der Waals surface area contributed by atoms with E-state index in [1.165, 1.54) is 43.5 Å². The lowest BCUT2D eigenvalue weighted by molar-refractivity contribution is -0.112. The van der Waals surface area contributed by atoms with Gasteiger partial charge in [0.25, 0.3) is 0 Å². The van der Waals surface area contributed by atoms with E-state index < -0.39 is 17.7 Å². The molecule has 0 bridgehead atoms. The van der Waals surface area contributed by atoms with Crippen LogP contribution in [0.25, 0.3) is 11.2 Å². The fourth-order valence-electron chi connectivity index (χ4n) is 3.33. The minimum atomic E-state index is -4.69. The summed E-state index contributed by atoms with van der Waals surface area (Å²) >= 11 is 0. The van der Waals surface area contributed by atoms with Crippen LogP contribution in [-0.4, -0.2) is 28.6 Å². The fourth-order valence-corrected chi connectivity index (χ4v) is 3.33. The first-order valence-corrected chi connectivity index (χ1v) is 10.2. The first-order valence-electron chi connectivity index (χ1n) is 10.2. The maximum atomic E-state index is 13.5. The summed E-state index contributed by atoms with van der Waals surface area (Å²) in [5.74, 6) is -0.217. The van der Waals surface area contributed by atoms with Crippen LogP contribution in [0.5, 0.6) is 11.5 Å². The molecule has 2 aromatic carbocycles. The molecule has 0 radical (unpaired) electrons. The summed E-state index contributed by atoms with van der Waals surface area (Å²) in [6.45, 7) is 0.127. The highest BCUT2D eigenvalue weighted by Crippen LogP contribution is 2.34. The van der Waals surface area contributed by atoms with Crippen LogP contribution in [0.3, 0.4) is 0 Å². The third kappa shape index (κ3) is 5.37. The number of nitrogens with one attached hydrogen (secondary N) is 1. The number of halogens is 3. The lowest BCUT2D eigenvalue weighted by atomic mass is 10.1. The van der Waals surface area contributed by atoms with Crippen molar-refractivity contribution in [3.8, 4) is 11.5 Å². The van der Waals surface area contributed by atoms with Crippen LogP contribution in [0, 0.1) is 0 Å². The number of nitrogens with zero attached hydrogens (tertiary/aromatic N) is 2. The van der Waals surface area contributed by atoms with Crippen LogP contribution < -0.4 is 14.8 Å². The van der Waals surface area contributed by atoms with E-state index in [0.717, 1.165) is 5.65 Å². The Morgan fingerprint density at radius 3 is 2.53 bits per heavy atom. The van der Waals surface area contributed by atoms with E-state index in [1.807, 2.05) is 35.0 Å². The van der Waals surface area contributed by atoms with E-state index >= 15 is 0 Å². The van der Waals surface area contributed by atoms with Gasteiger partial charge < -0.3 is 19.2 Å². The predicted octanol–water partition coefficient (Wildman–Crippen LogP) is 5.51. The molecule has 0 fully saturated rings. The Kier molecular flexibility index (Phi) is 6.53. The van der Waals surface area contributed by atoms with Gasteiger partial charge in [-0.2, -0.15) is 13.2 Å². The Bertz CT molecular complexity index is 1300. The second-order valence-corrected chi connectivity index (χ2v) is 7.26. The molecule has 0 aliphatic carbocycles. The van der Waals surface area contributed by atoms with E-state index in [2.05, 4.69) is 10.3 Å². The van der Waals surface area contributed by atoms with Crippen molar-refractivity contribution in [3.63, 3.8) is 0 Å². The quantitative estimate of drug-likeness (QED) is 0.364. The number of methoxy groups -OCH3 is 1. The SMILES string of the molecule is COc1ccc(NC(=O)/C=C(/c2ccccc2)C(F)(F)F)cc1OCc1cn2ccccc2n1. The zero-order valence-electron chi connectivity index (χ0n) is 18.0. The number of imidazole rings is 1. The molecule has 174 valence electrons. The van der Waals surface area contributed by atoms with Crippen LogP contribution in [0.4, 0.5) is 18.9 Å². The molecule has 34 heavy (non-hydrogen) atoms. The zero-order chi connectivity index (χ0) is 24.1. The fraction of sp³-hybridized carbons (Fsp3) is 0.120. The van der Waals surface area contributed by atoms with Crippen molar-refractivity contribution in [2.45, 2.75) is 12.8 Å². The average molecular weight is 467 g/mol. The minimum absolute atomic E-state index is 0.101. The molecule has 1 amide bonds. The first-order chi connectivity index (χ1) is 16.3. The van der Waals surface area contributed by atoms with Gasteiger partial charge in [-0.05, 0) is 29.8 Å². The van der Waals surface area contributed by atoms with Crippen LogP contribution in [0.15, 0.2) is 85.2 Å². The number of anilines is 1. The maximum absolute atomic E-state index is 13.5. The predicted molar refractivity (Wildman–Crippen MR) is 122 cm³/mol. The molecule has 2 heterocycles. The standard InChI is InChI=1S/C25H20F3N3O3/c1-33-21-11-10-18(13-22(21)34-16-19-15-31-12-6-5-9-23(31)29-19)30-24(32)14-20(25(26,27)28)17-7-3-2-4-8-17/h2-15H,16H2,1H3,(H,30,32)/b20-14-. The van der Waals surface area contributed by atoms with Gasteiger partial charge in [0.15, 0.2) is 11.5 Å². The van der Waals surface area contributed by atoms with Gasteiger partial charge in [-0.1, -0.05) is 36.4 Å². The number of benzene rings is 2. The Morgan fingerprint density at radius 1 is 1.06 bits per heavy atom. The molecule has 9 heteroatoms. The van der Waals surface area contributed by atoms with Crippen molar-refractivity contribution in [1.82, 2.24) is 9.38 Å². The number of alkyl halides is 3. The summed E-state index contributed by atoms with van der Waals surface area (Å²) in [5.41, 5.74) is 0.545. The largest absolute Gasteiger partial charge is 0.493 e. The topological polar surface area (TPSA) is 64.9 Å². The van der Waals surface area contributed by atoms with Crippen molar-refractivity contribution >= 4 is 22.8 Å². The number of allylic oxidation sites excluding steroid dienone is 1. The van der Waals surface area contributed by atoms with Gasteiger partial charge in [0, 0.05) is 30.2 Å². The van der Waals surface area contributed by atoms with E-state index in [1.54, 1.807) is 12.1 Å². The van der Waals surface area contributed by atoms with Gasteiger partial charge in [0.1, 0.15) is 12.3 Å². The van der Waals surface area contributed by atoms with Crippen molar-refractivity contribution in [1.29, 1.82) is 0 Å². The van der Waals surface area contributed by atoms with E-state index in [4.69, 9.17) is 9.47 Å². The second-order valence-electron chi connectivity index (χ2n) is 7.26. The number of hydrogen-bond acceptors (Lipinski definition) is 4. The minimum Gasteiger partial charge on any atom is -0.493 e. The van der Waals surface area contributed by atoms with Gasteiger partial charge in [-0.25, -0.2) is 4.98 Å². The third-order valence-corrected chi connectivity index (χ3v) is 4.89. The van der Waals surface area contributed by atoms with Gasteiger partial charge in [0.05, 0.1) is 18.4 Å². The van der Waals surface area contributed by atoms with Crippen molar-refractivity contribution < 1.29 is 27.4 Å². The molecule has 0 saturated heterocycles. The summed E-state index contributed by atoms with van der Waals surface area (Å²) in [6.07, 6.45) is -0.473. The monoisotopic (exact) mass is 467 g/mol. The molecule has 2 aromatic heterocycles. The van der Waals surface area contributed by atoms with E-state index in [0.29, 0.717) is 23.3 Å². The smallest absolute Gasteiger partial charge is 0.417 e. The molecule has 0 saturated carbocycles. The van der Waals surface area contributed by atoms with Crippen LogP contribution in [0.1, 0.15) is 11.3 Å². The molecule has 0 unspecified atom stereocenters. The van der Waals surface area contributed by atoms with Gasteiger partial charge in [-0.3, -0.25) is 4.79 Å². The van der Waals surface area contributed by atoms with Crippen LogP contribution in [0.2, 0.25) is 0 Å². The van der Waals surface area contributed by atoms with Crippen molar-refractivity contribution in [2.24, 2.45) is 0 Å². The number of ether oxygens (including phenoxy) is 2. The van der Waals surface area contributed by atoms with Gasteiger partial charge in [0.2, 0.25) is 5.91 Å². The summed E-state index contributed by atoms with van der Waals surface area (Å²) in [4.78, 5) is 16.9. The Morgan fingerprint density at radius 2 is 1.82 bits per heavy atom. The number of carbonyl (C=O) groups is 1. The zero-order valence-corrected chi connectivity index (χ0v) is 18.0. The molecule has 0 atom stereocenters. The van der Waals surface area contributed by atoms with Crippen LogP contribution in [-0.2, 0) is 11.4 Å². The number of fused-ring (bicyclic) bond motifs is 1. The molecule has 0 aliphatic heterocycles. The number of amides is 1. The van der Waals surface area contributed by atoms with Crippen molar-refractivity contribution in [2.75, 3.05) is 12.4 Å². The summed E-state index contributed by atoms with van der Waals surface area (Å²) in [7, 11) is 1.46. The molecule has 0 spiro atoms. The number of hydrogen-bond donors (Lipinski definition) is 1. The normalized spacial score (nSPS) is 11.9. The Hall–Kier alpha value is -4.27. The van der Waals surface area contributed by atoms with E-state index in [9.17, 15) is 18.0 Å². The summed E-state index contributed by atoms with van der Waals surface area (Å²) < 4.78 is 53.5. The molecule has 4 rings (SSSR count). The molecule has 4 aromatic rings. The molecular weight excluding hydrogens is 447 g/mol. The third-order valence-electron chi connectivity index (χ3n) is 4.89. The summed E-state index contributed by atoms with van der Waals surface area (Å²) in [6, 6.07) is 17.3. The maximum Gasteiger partial charge on any atom is 0.417 e. The number of aromatic nitrogens is 2. The Labute approximate surface area is 193 Å². The Balaban J connectivity index is 1.52. The number of rotatable bonds is 7. The highest BCUT2D eigenvalue weighted by molar-refractivity contribution is 6.04. The average Bonchev–Trinajstić information content (AvgIpc) is 3.24. The molecular formula is C25H20F3N3O3. The van der Waals surface area contributed by atoms with E-state index in [-0.39, 0.29) is 17.9 Å².